The van der Waals surface area contributed by atoms with Crippen molar-refractivity contribution in [3.8, 4) is 0 Å². The molecule has 222 valence electrons. The molecule has 2 aliphatic heterocycles. The number of unbranched alkanes of at least 4 members (excludes halogenated alkanes) is 3. The summed E-state index contributed by atoms with van der Waals surface area (Å²) in [6.45, 7) is 4.64. The zero-order valence-electron chi connectivity index (χ0n) is 25.3. The van der Waals surface area contributed by atoms with E-state index in [9.17, 15) is 10.2 Å². The van der Waals surface area contributed by atoms with Crippen LogP contribution in [0.3, 0.4) is 0 Å². The highest BCUT2D eigenvalue weighted by molar-refractivity contribution is 5.55. The predicted octanol–water partition coefficient (Wildman–Crippen LogP) is 3.14. The molecule has 4 rings (SSSR count). The molecule has 0 aliphatic carbocycles. The summed E-state index contributed by atoms with van der Waals surface area (Å²) in [7, 11) is 9.43. The maximum absolute atomic E-state index is 10.1. The molecule has 8 nitrogen and oxygen atoms in total. The average Bonchev–Trinajstić information content (AvgIpc) is 3.57. The summed E-state index contributed by atoms with van der Waals surface area (Å²) in [6, 6.07) is 17.5. The van der Waals surface area contributed by atoms with Crippen LogP contribution in [0.25, 0.3) is 0 Å². The average molecular weight is 555 g/mol. The van der Waals surface area contributed by atoms with Gasteiger partial charge in [0.2, 0.25) is 0 Å². The Balaban J connectivity index is 1.20. The lowest BCUT2D eigenvalue weighted by Gasteiger charge is -2.37. The number of quaternary nitrogens is 2. The first-order valence-corrected chi connectivity index (χ1v) is 15.2. The van der Waals surface area contributed by atoms with Crippen molar-refractivity contribution in [3.05, 3.63) is 48.5 Å². The molecular formula is C32H54N6O2+2. The minimum absolute atomic E-state index is 0.169. The molecule has 40 heavy (non-hydrogen) atoms. The van der Waals surface area contributed by atoms with E-state index in [0.29, 0.717) is 12.1 Å². The lowest BCUT2D eigenvalue weighted by atomic mass is 10.1. The first kappa shape index (κ1) is 30.4. The van der Waals surface area contributed by atoms with Gasteiger partial charge in [-0.1, -0.05) is 0 Å². The number of hydrogen-bond acceptors (Lipinski definition) is 6. The van der Waals surface area contributed by atoms with Gasteiger partial charge in [0.25, 0.3) is 0 Å². The molecule has 0 spiro atoms. The highest BCUT2D eigenvalue weighted by Gasteiger charge is 2.42. The van der Waals surface area contributed by atoms with Crippen LogP contribution in [0.5, 0.6) is 0 Å². The third-order valence-corrected chi connectivity index (χ3v) is 9.85. The normalized spacial score (nSPS) is 23.8. The Hall–Kier alpha value is -2.52. The van der Waals surface area contributed by atoms with E-state index in [2.05, 4.69) is 62.3 Å². The summed E-state index contributed by atoms with van der Waals surface area (Å²) in [5.41, 5.74) is 15.6. The quantitative estimate of drug-likeness (QED) is 0.173. The van der Waals surface area contributed by atoms with E-state index in [-0.39, 0.29) is 25.3 Å². The van der Waals surface area contributed by atoms with Crippen molar-refractivity contribution in [2.75, 3.05) is 88.9 Å². The van der Waals surface area contributed by atoms with Crippen molar-refractivity contribution in [2.45, 2.75) is 62.7 Å². The molecule has 0 amide bonds. The van der Waals surface area contributed by atoms with Gasteiger partial charge in [-0.25, -0.2) is 0 Å². The zero-order valence-corrected chi connectivity index (χ0v) is 25.3. The Morgan fingerprint density at radius 2 is 0.975 bits per heavy atom. The second-order valence-corrected chi connectivity index (χ2v) is 13.4. The molecule has 4 atom stereocenters. The van der Waals surface area contributed by atoms with Crippen LogP contribution >= 0.6 is 0 Å². The molecule has 2 saturated heterocycles. The smallest absolute Gasteiger partial charge is 0.108 e. The number of anilines is 4. The van der Waals surface area contributed by atoms with Gasteiger partial charge >= 0.3 is 0 Å². The van der Waals surface area contributed by atoms with Gasteiger partial charge in [0.05, 0.1) is 79.7 Å². The summed E-state index contributed by atoms with van der Waals surface area (Å²) in [5, 5.41) is 20.1. The number of hydrogen-bond donors (Lipinski definition) is 4. The van der Waals surface area contributed by atoms with Gasteiger partial charge in [-0.15, -0.1) is 0 Å². The first-order chi connectivity index (χ1) is 19.0. The van der Waals surface area contributed by atoms with Crippen molar-refractivity contribution in [3.63, 3.8) is 0 Å². The predicted molar refractivity (Wildman–Crippen MR) is 167 cm³/mol. The van der Waals surface area contributed by atoms with Gasteiger partial charge in [-0.2, -0.15) is 0 Å². The minimum Gasteiger partial charge on any atom is -0.399 e. The fourth-order valence-corrected chi connectivity index (χ4v) is 6.86. The van der Waals surface area contributed by atoms with Crippen LogP contribution in [0, 0.1) is 0 Å². The first-order valence-electron chi connectivity index (χ1n) is 15.2. The van der Waals surface area contributed by atoms with Crippen LogP contribution in [-0.4, -0.2) is 111 Å². The van der Waals surface area contributed by atoms with Crippen molar-refractivity contribution in [2.24, 2.45) is 0 Å². The Morgan fingerprint density at radius 1 is 0.625 bits per heavy atom. The number of benzene rings is 2. The van der Waals surface area contributed by atoms with Gasteiger partial charge in [-0.3, -0.25) is 0 Å². The molecular weight excluding hydrogens is 500 g/mol. The maximum atomic E-state index is 10.1. The van der Waals surface area contributed by atoms with Gasteiger partial charge in [-0.05, 0) is 74.2 Å². The van der Waals surface area contributed by atoms with Crippen molar-refractivity contribution in [1.29, 1.82) is 0 Å². The van der Waals surface area contributed by atoms with Crippen LogP contribution < -0.4 is 21.3 Å². The molecule has 2 aromatic rings. The third kappa shape index (κ3) is 7.21. The van der Waals surface area contributed by atoms with E-state index in [4.69, 9.17) is 11.5 Å². The van der Waals surface area contributed by atoms with Crippen molar-refractivity contribution < 1.29 is 19.2 Å². The number of aliphatic hydroxyl groups is 2. The Labute approximate surface area is 242 Å². The topological polar surface area (TPSA) is 99.0 Å². The summed E-state index contributed by atoms with van der Waals surface area (Å²) >= 11 is 0. The van der Waals surface area contributed by atoms with Crippen LogP contribution in [-0.2, 0) is 0 Å². The fourth-order valence-electron chi connectivity index (χ4n) is 6.86. The molecule has 8 heteroatoms. The number of rotatable bonds is 13. The number of nitrogens with two attached hydrogens (primary N) is 2. The molecule has 6 N–H and O–H groups in total. The second kappa shape index (κ2) is 13.0. The lowest BCUT2D eigenvalue weighted by molar-refractivity contribution is -0.913. The molecule has 0 bridgehead atoms. The highest BCUT2D eigenvalue weighted by Crippen LogP contribution is 2.32. The largest absolute Gasteiger partial charge is 0.399 e. The molecule has 0 aromatic heterocycles. The van der Waals surface area contributed by atoms with E-state index >= 15 is 0 Å². The number of nitrogen functional groups attached to an aromatic ring is 2. The van der Waals surface area contributed by atoms with Crippen LogP contribution in [0.1, 0.15) is 38.5 Å². The van der Waals surface area contributed by atoms with Crippen LogP contribution in [0.2, 0.25) is 0 Å². The Bertz CT molecular complexity index is 973. The van der Waals surface area contributed by atoms with E-state index in [1.807, 2.05) is 24.3 Å². The summed E-state index contributed by atoms with van der Waals surface area (Å²) in [5.74, 6) is 0. The fraction of sp³-hybridized carbons (Fsp3) is 0.625. The number of likely N-dealkylation sites (N-methyl/N-ethyl adjacent to an activating group) is 2. The van der Waals surface area contributed by atoms with Crippen molar-refractivity contribution >= 4 is 22.7 Å². The summed E-state index contributed by atoms with van der Waals surface area (Å²) in [4.78, 5) is 4.73. The summed E-state index contributed by atoms with van der Waals surface area (Å²) in [6.07, 6.45) is 6.99. The molecule has 4 unspecified atom stereocenters. The molecule has 2 aliphatic rings. The monoisotopic (exact) mass is 554 g/mol. The number of aliphatic hydroxyl groups excluding tert-OH is 2. The Morgan fingerprint density at radius 3 is 1.30 bits per heavy atom. The molecule has 0 radical (unpaired) electrons. The lowest BCUT2D eigenvalue weighted by Crippen LogP contribution is -2.51. The second-order valence-electron chi connectivity index (χ2n) is 13.4. The zero-order chi connectivity index (χ0) is 28.9. The van der Waals surface area contributed by atoms with Crippen LogP contribution in [0.4, 0.5) is 22.7 Å². The van der Waals surface area contributed by atoms with E-state index < -0.39 is 0 Å². The molecule has 2 fully saturated rings. The standard InChI is InChI=1S/C32H54N6O2/c1-37(2,31-19-29(23-39)35(21-31)27-13-9-25(33)10-14-27)17-7-5-6-8-18-38(3,4)32-20-30(24-40)36(22-32)28-15-11-26(34)12-16-28/h9-16,29-32,39-40H,5-8,17-24,33-34H2,1-4H3/q+2. The van der Waals surface area contributed by atoms with E-state index in [1.54, 1.807) is 0 Å². The van der Waals surface area contributed by atoms with E-state index in [1.165, 1.54) is 25.7 Å². The van der Waals surface area contributed by atoms with E-state index in [0.717, 1.165) is 70.7 Å². The van der Waals surface area contributed by atoms with Gasteiger partial charge < -0.3 is 40.4 Å². The third-order valence-electron chi connectivity index (χ3n) is 9.85. The Kier molecular flexibility index (Phi) is 9.88. The number of nitrogens with zero attached hydrogens (tertiary/aromatic N) is 4. The highest BCUT2D eigenvalue weighted by atomic mass is 16.3. The summed E-state index contributed by atoms with van der Waals surface area (Å²) < 4.78 is 1.99. The molecule has 0 saturated carbocycles. The molecule has 2 aromatic carbocycles. The SMILES string of the molecule is C[N+](C)(CCCCCC[N+](C)(C)C1CC(CO)N(c2ccc(N)cc2)C1)C1CC(CO)N(c2ccc(N)cc2)C1. The van der Waals surface area contributed by atoms with Crippen LogP contribution in [0.15, 0.2) is 48.5 Å². The van der Waals surface area contributed by atoms with Gasteiger partial charge in [0.1, 0.15) is 12.1 Å². The minimum atomic E-state index is 0.169. The van der Waals surface area contributed by atoms with Gasteiger partial charge in [0.15, 0.2) is 0 Å². The van der Waals surface area contributed by atoms with Gasteiger partial charge in [0, 0.05) is 35.6 Å². The maximum Gasteiger partial charge on any atom is 0.108 e. The van der Waals surface area contributed by atoms with Crippen molar-refractivity contribution in [1.82, 2.24) is 0 Å². The molecule has 2 heterocycles.